The predicted octanol–water partition coefficient (Wildman–Crippen LogP) is 2.86. The number of hydrogen-bond donors (Lipinski definition) is 1. The first-order valence-corrected chi connectivity index (χ1v) is 7.38. The van der Waals surface area contributed by atoms with Crippen LogP contribution in [0, 0.1) is 0 Å². The van der Waals surface area contributed by atoms with E-state index in [0.29, 0.717) is 17.9 Å². The highest BCUT2D eigenvalue weighted by atomic mass is 16.5. The van der Waals surface area contributed by atoms with Crippen molar-refractivity contribution >= 4 is 11.6 Å². The third-order valence-electron chi connectivity index (χ3n) is 3.42. The van der Waals surface area contributed by atoms with E-state index >= 15 is 0 Å². The Kier molecular flexibility index (Phi) is 4.14. The Balaban J connectivity index is 1.81. The summed E-state index contributed by atoms with van der Waals surface area (Å²) in [6.45, 7) is 2.54. The Morgan fingerprint density at radius 3 is 2.57 bits per heavy atom. The Hall–Kier alpha value is -3.02. The van der Waals surface area contributed by atoms with Crippen LogP contribution in [0.1, 0.15) is 17.3 Å². The highest BCUT2D eigenvalue weighted by Crippen LogP contribution is 2.19. The molecule has 1 N–H and O–H groups in total. The summed E-state index contributed by atoms with van der Waals surface area (Å²) < 4.78 is 8.93. The SMILES string of the molecule is CCOc1ccc(NC(=O)c2cnn(C)c2-n2cccc2)cc1. The number of nitrogens with zero attached hydrogens (tertiary/aromatic N) is 3. The van der Waals surface area contributed by atoms with Gasteiger partial charge in [0.25, 0.3) is 5.91 Å². The van der Waals surface area contributed by atoms with Gasteiger partial charge in [-0.2, -0.15) is 5.10 Å². The molecule has 0 bridgehead atoms. The van der Waals surface area contributed by atoms with Gasteiger partial charge >= 0.3 is 0 Å². The van der Waals surface area contributed by atoms with E-state index in [1.54, 1.807) is 10.9 Å². The molecule has 0 aliphatic rings. The second kappa shape index (κ2) is 6.39. The minimum Gasteiger partial charge on any atom is -0.494 e. The van der Waals surface area contributed by atoms with Gasteiger partial charge in [-0.15, -0.1) is 0 Å². The first kappa shape index (κ1) is 14.9. The van der Waals surface area contributed by atoms with Crippen molar-refractivity contribution in [1.29, 1.82) is 0 Å². The quantitative estimate of drug-likeness (QED) is 0.788. The molecule has 2 heterocycles. The van der Waals surface area contributed by atoms with Gasteiger partial charge in [-0.05, 0) is 43.3 Å². The lowest BCUT2D eigenvalue weighted by molar-refractivity contribution is 0.102. The molecule has 6 nitrogen and oxygen atoms in total. The average Bonchev–Trinajstić information content (AvgIpc) is 3.18. The number of aryl methyl sites for hydroxylation is 1. The number of anilines is 1. The normalized spacial score (nSPS) is 10.5. The summed E-state index contributed by atoms with van der Waals surface area (Å²) in [5.74, 6) is 1.30. The molecule has 0 unspecified atom stereocenters. The van der Waals surface area contributed by atoms with Gasteiger partial charge in [0.1, 0.15) is 17.1 Å². The number of nitrogens with one attached hydrogen (secondary N) is 1. The Morgan fingerprint density at radius 2 is 1.91 bits per heavy atom. The molecule has 3 aromatic rings. The maximum absolute atomic E-state index is 12.5. The largest absolute Gasteiger partial charge is 0.494 e. The molecule has 0 atom stereocenters. The first-order valence-electron chi connectivity index (χ1n) is 7.38. The monoisotopic (exact) mass is 310 g/mol. The van der Waals surface area contributed by atoms with E-state index in [1.165, 1.54) is 0 Å². The number of carbonyl (C=O) groups excluding carboxylic acids is 1. The van der Waals surface area contributed by atoms with Crippen LogP contribution in [-0.4, -0.2) is 26.9 Å². The molecular formula is C17H18N4O2. The van der Waals surface area contributed by atoms with Gasteiger partial charge in [-0.25, -0.2) is 0 Å². The molecule has 1 amide bonds. The van der Waals surface area contributed by atoms with Crippen LogP contribution in [0.15, 0.2) is 55.0 Å². The van der Waals surface area contributed by atoms with Crippen molar-refractivity contribution in [3.63, 3.8) is 0 Å². The van der Waals surface area contributed by atoms with Gasteiger partial charge in [0.2, 0.25) is 0 Å². The molecule has 0 aliphatic heterocycles. The first-order chi connectivity index (χ1) is 11.2. The molecule has 1 aromatic carbocycles. The van der Waals surface area contributed by atoms with Crippen LogP contribution in [0.25, 0.3) is 5.82 Å². The van der Waals surface area contributed by atoms with E-state index < -0.39 is 0 Å². The van der Waals surface area contributed by atoms with Crippen LogP contribution in [0.5, 0.6) is 5.75 Å². The fourth-order valence-electron chi connectivity index (χ4n) is 2.37. The molecule has 0 saturated heterocycles. The summed E-state index contributed by atoms with van der Waals surface area (Å²) in [7, 11) is 1.81. The third-order valence-corrected chi connectivity index (χ3v) is 3.42. The van der Waals surface area contributed by atoms with Gasteiger partial charge in [0.05, 0.1) is 12.8 Å². The van der Waals surface area contributed by atoms with E-state index in [1.807, 2.05) is 67.3 Å². The Morgan fingerprint density at radius 1 is 1.22 bits per heavy atom. The number of rotatable bonds is 5. The topological polar surface area (TPSA) is 61.1 Å². The second-order valence-electron chi connectivity index (χ2n) is 5.01. The third kappa shape index (κ3) is 3.11. The molecule has 118 valence electrons. The number of ether oxygens (including phenoxy) is 1. The Bertz CT molecular complexity index is 789. The lowest BCUT2D eigenvalue weighted by Crippen LogP contribution is -2.14. The van der Waals surface area contributed by atoms with Crippen LogP contribution < -0.4 is 10.1 Å². The lowest BCUT2D eigenvalue weighted by Gasteiger charge is -2.09. The summed E-state index contributed by atoms with van der Waals surface area (Å²) >= 11 is 0. The van der Waals surface area contributed by atoms with Crippen LogP contribution in [0.3, 0.4) is 0 Å². The van der Waals surface area contributed by atoms with Crippen molar-refractivity contribution in [1.82, 2.24) is 14.3 Å². The predicted molar refractivity (Wildman–Crippen MR) is 88.1 cm³/mol. The number of carbonyl (C=O) groups is 1. The minimum atomic E-state index is -0.203. The van der Waals surface area contributed by atoms with Crippen molar-refractivity contribution in [2.24, 2.45) is 7.05 Å². The smallest absolute Gasteiger partial charge is 0.261 e. The minimum absolute atomic E-state index is 0.203. The van der Waals surface area contributed by atoms with Crippen molar-refractivity contribution in [2.75, 3.05) is 11.9 Å². The van der Waals surface area contributed by atoms with Crippen LogP contribution in [-0.2, 0) is 7.05 Å². The van der Waals surface area contributed by atoms with Crippen LogP contribution in [0.4, 0.5) is 5.69 Å². The molecule has 0 radical (unpaired) electrons. The van der Waals surface area contributed by atoms with Gasteiger partial charge in [0, 0.05) is 25.1 Å². The van der Waals surface area contributed by atoms with E-state index in [-0.39, 0.29) is 5.91 Å². The molecule has 3 rings (SSSR count). The number of amides is 1. The van der Waals surface area contributed by atoms with Crippen molar-refractivity contribution in [3.8, 4) is 11.6 Å². The number of aromatic nitrogens is 3. The second-order valence-corrected chi connectivity index (χ2v) is 5.01. The highest BCUT2D eigenvalue weighted by Gasteiger charge is 2.17. The van der Waals surface area contributed by atoms with E-state index in [2.05, 4.69) is 10.4 Å². The van der Waals surface area contributed by atoms with Crippen molar-refractivity contribution in [3.05, 3.63) is 60.6 Å². The van der Waals surface area contributed by atoms with E-state index in [9.17, 15) is 4.79 Å². The molecule has 2 aromatic heterocycles. The van der Waals surface area contributed by atoms with Crippen molar-refractivity contribution < 1.29 is 9.53 Å². The highest BCUT2D eigenvalue weighted by molar-refractivity contribution is 6.06. The summed E-state index contributed by atoms with van der Waals surface area (Å²) in [6.07, 6.45) is 5.33. The van der Waals surface area contributed by atoms with Crippen LogP contribution >= 0.6 is 0 Å². The summed E-state index contributed by atoms with van der Waals surface area (Å²) in [5.41, 5.74) is 1.22. The van der Waals surface area contributed by atoms with Gasteiger partial charge in [-0.3, -0.25) is 9.48 Å². The average molecular weight is 310 g/mol. The molecule has 0 aliphatic carbocycles. The van der Waals surface area contributed by atoms with Crippen LogP contribution in [0.2, 0.25) is 0 Å². The van der Waals surface area contributed by atoms with E-state index in [4.69, 9.17) is 4.74 Å². The summed E-state index contributed by atoms with van der Waals surface area (Å²) in [4.78, 5) is 12.5. The zero-order valence-electron chi connectivity index (χ0n) is 13.1. The maximum atomic E-state index is 12.5. The molecule has 0 fully saturated rings. The summed E-state index contributed by atoms with van der Waals surface area (Å²) in [6, 6.07) is 11.1. The van der Waals surface area contributed by atoms with Crippen molar-refractivity contribution in [2.45, 2.75) is 6.92 Å². The molecule has 6 heteroatoms. The fourth-order valence-corrected chi connectivity index (χ4v) is 2.37. The zero-order valence-corrected chi connectivity index (χ0v) is 13.1. The molecule has 23 heavy (non-hydrogen) atoms. The lowest BCUT2D eigenvalue weighted by atomic mass is 10.2. The fraction of sp³-hybridized carbons (Fsp3) is 0.176. The number of hydrogen-bond acceptors (Lipinski definition) is 3. The standard InChI is InChI=1S/C17H18N4O2/c1-3-23-14-8-6-13(7-9-14)19-16(22)15-12-18-20(2)17(15)21-10-4-5-11-21/h4-12H,3H2,1-2H3,(H,19,22). The van der Waals surface area contributed by atoms with Gasteiger partial charge < -0.3 is 14.6 Å². The Labute approximate surface area is 134 Å². The van der Waals surface area contributed by atoms with E-state index in [0.717, 1.165) is 11.6 Å². The molecule has 0 spiro atoms. The summed E-state index contributed by atoms with van der Waals surface area (Å²) in [5, 5.41) is 7.07. The zero-order chi connectivity index (χ0) is 16.2. The van der Waals surface area contributed by atoms with Gasteiger partial charge in [-0.1, -0.05) is 0 Å². The maximum Gasteiger partial charge on any atom is 0.261 e. The molecule has 0 saturated carbocycles. The van der Waals surface area contributed by atoms with Gasteiger partial charge in [0.15, 0.2) is 0 Å². The number of benzene rings is 1. The molecular weight excluding hydrogens is 292 g/mol.